The zero-order valence-electron chi connectivity index (χ0n) is 13.4. The molecular weight excluding hydrogens is 304 g/mol. The quantitative estimate of drug-likeness (QED) is 0.618. The van der Waals surface area contributed by atoms with Gasteiger partial charge in [0.05, 0.1) is 24.1 Å². The highest BCUT2D eigenvalue weighted by atomic mass is 15.4. The first-order valence-corrected chi connectivity index (χ1v) is 7.59. The molecule has 0 saturated heterocycles. The molecular formula is C16H16N8. The highest BCUT2D eigenvalue weighted by Gasteiger charge is 2.06. The summed E-state index contributed by atoms with van der Waals surface area (Å²) in [5.74, 6) is 1.39. The number of anilines is 1. The third-order valence-corrected chi connectivity index (χ3v) is 3.70. The van der Waals surface area contributed by atoms with Crippen molar-refractivity contribution in [2.24, 2.45) is 0 Å². The van der Waals surface area contributed by atoms with Gasteiger partial charge < -0.3 is 5.32 Å². The molecule has 120 valence electrons. The summed E-state index contributed by atoms with van der Waals surface area (Å²) in [6.45, 7) is 4.53. The number of rotatable bonds is 4. The van der Waals surface area contributed by atoms with Crippen molar-refractivity contribution in [3.05, 3.63) is 59.8 Å². The normalized spacial score (nSPS) is 11.1. The first-order valence-electron chi connectivity index (χ1n) is 7.59. The third-order valence-electron chi connectivity index (χ3n) is 3.70. The zero-order valence-corrected chi connectivity index (χ0v) is 13.4. The first kappa shape index (κ1) is 14.3. The second kappa shape index (κ2) is 5.73. The topological polar surface area (TPSA) is 85.8 Å². The highest BCUT2D eigenvalue weighted by Crippen LogP contribution is 2.11. The second-order valence-electron chi connectivity index (χ2n) is 5.51. The van der Waals surface area contributed by atoms with Gasteiger partial charge in [0.25, 0.3) is 0 Å². The monoisotopic (exact) mass is 320 g/mol. The molecule has 0 radical (unpaired) electrons. The summed E-state index contributed by atoms with van der Waals surface area (Å²) in [6, 6.07) is 9.58. The van der Waals surface area contributed by atoms with Crippen LogP contribution in [0.15, 0.2) is 42.7 Å². The van der Waals surface area contributed by atoms with Gasteiger partial charge in [0.15, 0.2) is 11.5 Å². The van der Waals surface area contributed by atoms with Crippen LogP contribution in [0, 0.1) is 13.8 Å². The van der Waals surface area contributed by atoms with Gasteiger partial charge in [-0.1, -0.05) is 0 Å². The largest absolute Gasteiger partial charge is 0.363 e. The molecule has 0 aliphatic carbocycles. The molecule has 0 unspecified atom stereocenters. The number of fused-ring (bicyclic) bond motifs is 1. The van der Waals surface area contributed by atoms with E-state index in [4.69, 9.17) is 0 Å². The number of nitrogens with one attached hydrogen (secondary N) is 1. The van der Waals surface area contributed by atoms with E-state index in [9.17, 15) is 0 Å². The Hall–Kier alpha value is -3.29. The second-order valence-corrected chi connectivity index (χ2v) is 5.51. The molecule has 4 aromatic heterocycles. The van der Waals surface area contributed by atoms with Gasteiger partial charge in [-0.05, 0) is 38.1 Å². The minimum atomic E-state index is 0.578. The van der Waals surface area contributed by atoms with Crippen molar-refractivity contribution in [2.45, 2.75) is 20.4 Å². The van der Waals surface area contributed by atoms with Crippen LogP contribution in [0.25, 0.3) is 11.5 Å². The van der Waals surface area contributed by atoms with Gasteiger partial charge in [0, 0.05) is 18.0 Å². The van der Waals surface area contributed by atoms with Crippen LogP contribution in [0.4, 0.5) is 5.82 Å². The Bertz CT molecular complexity index is 983. The lowest BCUT2D eigenvalue weighted by Crippen LogP contribution is -2.09. The predicted octanol–water partition coefficient (Wildman–Crippen LogP) is 1.93. The van der Waals surface area contributed by atoms with Crippen molar-refractivity contribution in [1.29, 1.82) is 0 Å². The Labute approximate surface area is 138 Å². The molecule has 4 rings (SSSR count). The van der Waals surface area contributed by atoms with E-state index in [-0.39, 0.29) is 0 Å². The molecule has 0 aliphatic heterocycles. The van der Waals surface area contributed by atoms with Crippen molar-refractivity contribution in [3.8, 4) is 5.82 Å². The fraction of sp³-hybridized carbons (Fsp3) is 0.188. The van der Waals surface area contributed by atoms with Gasteiger partial charge in [0.2, 0.25) is 0 Å². The number of nitrogens with zero attached hydrogens (tertiary/aromatic N) is 7. The maximum absolute atomic E-state index is 4.41. The molecule has 4 aromatic rings. The predicted molar refractivity (Wildman–Crippen MR) is 88.9 cm³/mol. The van der Waals surface area contributed by atoms with E-state index in [0.717, 1.165) is 22.7 Å². The summed E-state index contributed by atoms with van der Waals surface area (Å²) < 4.78 is 3.58. The molecule has 0 aliphatic rings. The average Bonchev–Trinajstić information content (AvgIpc) is 3.19. The molecule has 0 amide bonds. The highest BCUT2D eigenvalue weighted by molar-refractivity contribution is 5.40. The fourth-order valence-electron chi connectivity index (χ4n) is 2.59. The summed E-state index contributed by atoms with van der Waals surface area (Å²) in [6.07, 6.45) is 3.50. The van der Waals surface area contributed by atoms with E-state index >= 15 is 0 Å². The van der Waals surface area contributed by atoms with Crippen LogP contribution >= 0.6 is 0 Å². The van der Waals surface area contributed by atoms with Crippen LogP contribution in [-0.4, -0.2) is 34.6 Å². The maximum Gasteiger partial charge on any atom is 0.176 e. The Kier molecular flexibility index (Phi) is 3.42. The molecule has 0 bridgehead atoms. The molecule has 0 aromatic carbocycles. The van der Waals surface area contributed by atoms with Crippen LogP contribution in [0.1, 0.15) is 17.1 Å². The Morgan fingerprint density at radius 3 is 2.71 bits per heavy atom. The SMILES string of the molecule is Cc1cc(C)n(-c2ccc(NCc3ccnc4ccnn34)nn2)n1. The fourth-order valence-corrected chi connectivity index (χ4v) is 2.59. The molecule has 0 atom stereocenters. The van der Waals surface area contributed by atoms with Crippen molar-refractivity contribution in [1.82, 2.24) is 34.6 Å². The van der Waals surface area contributed by atoms with Crippen molar-refractivity contribution < 1.29 is 0 Å². The van der Waals surface area contributed by atoms with E-state index in [1.165, 1.54) is 0 Å². The summed E-state index contributed by atoms with van der Waals surface area (Å²) in [5, 5.41) is 20.4. The molecule has 1 N–H and O–H groups in total. The van der Waals surface area contributed by atoms with Crippen molar-refractivity contribution >= 4 is 11.5 Å². The van der Waals surface area contributed by atoms with Gasteiger partial charge in [-0.25, -0.2) is 14.2 Å². The van der Waals surface area contributed by atoms with E-state index in [1.54, 1.807) is 21.6 Å². The maximum atomic E-state index is 4.41. The van der Waals surface area contributed by atoms with E-state index in [0.29, 0.717) is 18.2 Å². The van der Waals surface area contributed by atoms with Gasteiger partial charge in [-0.2, -0.15) is 10.2 Å². The number of aryl methyl sites for hydroxylation is 2. The molecule has 0 saturated carbocycles. The van der Waals surface area contributed by atoms with Crippen LogP contribution in [0.3, 0.4) is 0 Å². The first-order chi connectivity index (χ1) is 11.7. The Morgan fingerprint density at radius 2 is 1.96 bits per heavy atom. The zero-order chi connectivity index (χ0) is 16.5. The molecule has 8 nitrogen and oxygen atoms in total. The Morgan fingerprint density at radius 1 is 1.04 bits per heavy atom. The third kappa shape index (κ3) is 2.58. The van der Waals surface area contributed by atoms with Crippen LogP contribution < -0.4 is 5.32 Å². The Balaban J connectivity index is 1.52. The molecule has 4 heterocycles. The lowest BCUT2D eigenvalue weighted by atomic mass is 10.4. The van der Waals surface area contributed by atoms with Crippen LogP contribution in [-0.2, 0) is 6.54 Å². The van der Waals surface area contributed by atoms with Crippen molar-refractivity contribution in [2.75, 3.05) is 5.32 Å². The van der Waals surface area contributed by atoms with Gasteiger partial charge >= 0.3 is 0 Å². The van der Waals surface area contributed by atoms with Crippen LogP contribution in [0.5, 0.6) is 0 Å². The average molecular weight is 320 g/mol. The lowest BCUT2D eigenvalue weighted by Gasteiger charge is -2.08. The molecule has 24 heavy (non-hydrogen) atoms. The summed E-state index contributed by atoms with van der Waals surface area (Å²) in [4.78, 5) is 4.25. The van der Waals surface area contributed by atoms with E-state index < -0.39 is 0 Å². The molecule has 8 heteroatoms. The summed E-state index contributed by atoms with van der Waals surface area (Å²) >= 11 is 0. The van der Waals surface area contributed by atoms with E-state index in [2.05, 4.69) is 30.7 Å². The lowest BCUT2D eigenvalue weighted by molar-refractivity contribution is 0.780. The minimum Gasteiger partial charge on any atom is -0.363 e. The summed E-state index contributed by atoms with van der Waals surface area (Å²) in [7, 11) is 0. The standard InChI is InChI=1S/C16H16N8/c1-11-9-12(2)23(22-11)16-4-3-14(20-21-16)18-10-13-5-7-17-15-6-8-19-24(13)15/h3-9H,10H2,1-2H3,(H,18,20). The number of aromatic nitrogens is 7. The van der Waals surface area contributed by atoms with Gasteiger partial charge in [-0.15, -0.1) is 10.2 Å². The van der Waals surface area contributed by atoms with E-state index in [1.807, 2.05) is 44.2 Å². The smallest absolute Gasteiger partial charge is 0.176 e. The minimum absolute atomic E-state index is 0.578. The molecule has 0 fully saturated rings. The summed E-state index contributed by atoms with van der Waals surface area (Å²) in [5.41, 5.74) is 3.80. The van der Waals surface area contributed by atoms with Gasteiger partial charge in [0.1, 0.15) is 5.82 Å². The van der Waals surface area contributed by atoms with Crippen LogP contribution in [0.2, 0.25) is 0 Å². The molecule has 0 spiro atoms. The van der Waals surface area contributed by atoms with Gasteiger partial charge in [-0.3, -0.25) is 0 Å². The van der Waals surface area contributed by atoms with Crippen molar-refractivity contribution in [3.63, 3.8) is 0 Å². The number of hydrogen-bond acceptors (Lipinski definition) is 6. The number of hydrogen-bond donors (Lipinski definition) is 1.